The number of halogens is 2. The lowest BCUT2D eigenvalue weighted by Crippen LogP contribution is -2.28. The summed E-state index contributed by atoms with van der Waals surface area (Å²) in [7, 11) is 0. The van der Waals surface area contributed by atoms with Gasteiger partial charge in [-0.1, -0.05) is 36.8 Å². The van der Waals surface area contributed by atoms with Crippen molar-refractivity contribution >= 4 is 17.6 Å². The number of hydrogen-bond donors (Lipinski definition) is 2. The molecule has 2 N–H and O–H groups in total. The monoisotopic (exact) mass is 512 g/mol. The van der Waals surface area contributed by atoms with Crippen LogP contribution in [0.4, 0.5) is 20.4 Å². The molecule has 0 amide bonds. The van der Waals surface area contributed by atoms with Gasteiger partial charge in [0.1, 0.15) is 5.75 Å². The van der Waals surface area contributed by atoms with Gasteiger partial charge in [-0.2, -0.15) is 8.78 Å². The number of benzene rings is 2. The highest BCUT2D eigenvalue weighted by Crippen LogP contribution is 2.23. The molecule has 198 valence electrons. The van der Waals surface area contributed by atoms with Gasteiger partial charge in [0, 0.05) is 30.1 Å². The SMILES string of the molecule is CCC(=O)OCCC1CCNCC1.Cc1ccc(Nc2ncc(-c3ccc(OC(F)F)cc3)cn2)cc1. The van der Waals surface area contributed by atoms with Gasteiger partial charge >= 0.3 is 12.6 Å². The second-order valence-corrected chi connectivity index (χ2v) is 8.75. The molecule has 0 aliphatic carbocycles. The maximum atomic E-state index is 12.1. The first kappa shape index (κ1) is 28.0. The van der Waals surface area contributed by atoms with Crippen molar-refractivity contribution in [2.75, 3.05) is 25.0 Å². The lowest BCUT2D eigenvalue weighted by molar-refractivity contribution is -0.143. The van der Waals surface area contributed by atoms with Crippen LogP contribution in [0, 0.1) is 12.8 Å². The highest BCUT2D eigenvalue weighted by Gasteiger charge is 2.13. The largest absolute Gasteiger partial charge is 0.466 e. The third-order valence-corrected chi connectivity index (χ3v) is 5.91. The van der Waals surface area contributed by atoms with Gasteiger partial charge in [-0.15, -0.1) is 0 Å². The van der Waals surface area contributed by atoms with Crippen molar-refractivity contribution in [3.63, 3.8) is 0 Å². The zero-order valence-electron chi connectivity index (χ0n) is 21.3. The summed E-state index contributed by atoms with van der Waals surface area (Å²) in [5.41, 5.74) is 3.68. The molecule has 0 spiro atoms. The number of aromatic nitrogens is 2. The maximum absolute atomic E-state index is 12.1. The van der Waals surface area contributed by atoms with Crippen LogP contribution in [0.3, 0.4) is 0 Å². The fourth-order valence-corrected chi connectivity index (χ4v) is 3.75. The van der Waals surface area contributed by atoms with Gasteiger partial charge in [-0.05, 0) is 75.0 Å². The van der Waals surface area contributed by atoms with Crippen LogP contribution in [-0.2, 0) is 9.53 Å². The Balaban J connectivity index is 0.000000248. The molecule has 1 fully saturated rings. The number of rotatable bonds is 9. The second-order valence-electron chi connectivity index (χ2n) is 8.75. The van der Waals surface area contributed by atoms with E-state index in [2.05, 4.69) is 25.3 Å². The Morgan fingerprint density at radius 1 is 1.03 bits per heavy atom. The number of ether oxygens (including phenoxy) is 2. The van der Waals surface area contributed by atoms with E-state index in [-0.39, 0.29) is 11.7 Å². The maximum Gasteiger partial charge on any atom is 0.387 e. The zero-order valence-corrected chi connectivity index (χ0v) is 21.3. The molecule has 2 aromatic carbocycles. The number of alkyl halides is 2. The number of carbonyl (C=O) groups excluding carboxylic acids is 1. The molecule has 4 rings (SSSR count). The van der Waals surface area contributed by atoms with Crippen LogP contribution < -0.4 is 15.4 Å². The normalized spacial score (nSPS) is 13.4. The third kappa shape index (κ3) is 10.1. The van der Waals surface area contributed by atoms with E-state index in [0.29, 0.717) is 19.0 Å². The van der Waals surface area contributed by atoms with Crippen LogP contribution in [0.15, 0.2) is 60.9 Å². The first-order valence-electron chi connectivity index (χ1n) is 12.5. The molecule has 0 unspecified atom stereocenters. The molecule has 1 aliphatic heterocycles. The predicted octanol–water partition coefficient (Wildman–Crippen LogP) is 6.13. The van der Waals surface area contributed by atoms with Gasteiger partial charge in [-0.3, -0.25) is 4.79 Å². The minimum absolute atomic E-state index is 0.0751. The van der Waals surface area contributed by atoms with Gasteiger partial charge in [0.25, 0.3) is 0 Å². The molecule has 37 heavy (non-hydrogen) atoms. The summed E-state index contributed by atoms with van der Waals surface area (Å²) < 4.78 is 33.6. The number of anilines is 2. The van der Waals surface area contributed by atoms with Crippen molar-refractivity contribution in [2.45, 2.75) is 46.1 Å². The van der Waals surface area contributed by atoms with E-state index in [1.807, 2.05) is 38.1 Å². The van der Waals surface area contributed by atoms with Gasteiger partial charge in [0.15, 0.2) is 0 Å². The summed E-state index contributed by atoms with van der Waals surface area (Å²) in [5, 5.41) is 6.43. The Morgan fingerprint density at radius 2 is 1.68 bits per heavy atom. The molecule has 3 aromatic rings. The first-order valence-corrected chi connectivity index (χ1v) is 12.5. The van der Waals surface area contributed by atoms with Crippen LogP contribution in [0.25, 0.3) is 11.1 Å². The predicted molar refractivity (Wildman–Crippen MR) is 140 cm³/mol. The average molecular weight is 513 g/mol. The highest BCUT2D eigenvalue weighted by molar-refractivity contribution is 5.68. The number of carbonyl (C=O) groups is 1. The van der Waals surface area contributed by atoms with Gasteiger partial charge < -0.3 is 20.1 Å². The lowest BCUT2D eigenvalue weighted by Gasteiger charge is -2.22. The number of piperidine rings is 1. The molecule has 0 saturated carbocycles. The average Bonchev–Trinajstić information content (AvgIpc) is 2.91. The molecule has 2 heterocycles. The molecule has 1 saturated heterocycles. The van der Waals surface area contributed by atoms with E-state index >= 15 is 0 Å². The molecular weight excluding hydrogens is 478 g/mol. The van der Waals surface area contributed by atoms with Crippen LogP contribution in [-0.4, -0.2) is 42.2 Å². The standard InChI is InChI=1S/C18H15F2N3O.C10H19NO2/c1-12-2-6-15(7-3-12)23-18-21-10-14(11-22-18)13-4-8-16(9-5-13)24-17(19)20;1-2-10(12)13-8-5-9-3-6-11-7-4-9/h2-11,17H,1H3,(H,21,22,23);9,11H,2-8H2,1H3. The summed E-state index contributed by atoms with van der Waals surface area (Å²) >= 11 is 0. The summed E-state index contributed by atoms with van der Waals surface area (Å²) in [4.78, 5) is 19.4. The van der Waals surface area contributed by atoms with Crippen molar-refractivity contribution < 1.29 is 23.0 Å². The summed E-state index contributed by atoms with van der Waals surface area (Å²) in [5.74, 6) is 1.28. The molecular formula is C28H34F2N4O3. The molecule has 0 atom stereocenters. The van der Waals surface area contributed by atoms with E-state index in [4.69, 9.17) is 4.74 Å². The van der Waals surface area contributed by atoms with Crippen LogP contribution in [0.1, 0.15) is 38.2 Å². The molecule has 0 radical (unpaired) electrons. The molecule has 1 aliphatic rings. The lowest BCUT2D eigenvalue weighted by atomic mass is 9.95. The van der Waals surface area contributed by atoms with E-state index in [9.17, 15) is 13.6 Å². The van der Waals surface area contributed by atoms with Crippen molar-refractivity contribution in [3.05, 3.63) is 66.5 Å². The van der Waals surface area contributed by atoms with Crippen molar-refractivity contribution in [3.8, 4) is 16.9 Å². The van der Waals surface area contributed by atoms with E-state index < -0.39 is 6.61 Å². The smallest absolute Gasteiger partial charge is 0.387 e. The number of nitrogens with zero attached hydrogens (tertiary/aromatic N) is 2. The van der Waals surface area contributed by atoms with E-state index in [1.165, 1.54) is 30.5 Å². The van der Waals surface area contributed by atoms with Crippen LogP contribution in [0.2, 0.25) is 0 Å². The Hall–Kier alpha value is -3.59. The van der Waals surface area contributed by atoms with Crippen LogP contribution in [0.5, 0.6) is 5.75 Å². The van der Waals surface area contributed by atoms with Gasteiger partial charge in [-0.25, -0.2) is 9.97 Å². The van der Waals surface area contributed by atoms with Crippen LogP contribution >= 0.6 is 0 Å². The van der Waals surface area contributed by atoms with Gasteiger partial charge in [0.05, 0.1) is 6.61 Å². The Labute approximate surface area is 216 Å². The van der Waals surface area contributed by atoms with Crippen molar-refractivity contribution in [1.82, 2.24) is 15.3 Å². The quantitative estimate of drug-likeness (QED) is 0.334. The number of aryl methyl sites for hydroxylation is 1. The van der Waals surface area contributed by atoms with E-state index in [1.54, 1.807) is 24.5 Å². The third-order valence-electron chi connectivity index (χ3n) is 5.91. The first-order chi connectivity index (χ1) is 17.9. The number of nitrogens with one attached hydrogen (secondary N) is 2. The van der Waals surface area contributed by atoms with Gasteiger partial charge in [0.2, 0.25) is 5.95 Å². The molecule has 9 heteroatoms. The molecule has 1 aromatic heterocycles. The minimum Gasteiger partial charge on any atom is -0.466 e. The number of esters is 1. The minimum atomic E-state index is -2.83. The second kappa shape index (κ2) is 14.8. The topological polar surface area (TPSA) is 85.4 Å². The summed E-state index contributed by atoms with van der Waals surface area (Å²) in [6.07, 6.45) is 7.33. The van der Waals surface area contributed by atoms with E-state index in [0.717, 1.165) is 42.2 Å². The zero-order chi connectivity index (χ0) is 26.5. The Kier molecular flexibility index (Phi) is 11.2. The fraction of sp³-hybridized carbons (Fsp3) is 0.393. The summed E-state index contributed by atoms with van der Waals surface area (Å²) in [6, 6.07) is 14.2. The number of hydrogen-bond acceptors (Lipinski definition) is 7. The van der Waals surface area contributed by atoms with Crippen molar-refractivity contribution in [1.29, 1.82) is 0 Å². The summed E-state index contributed by atoms with van der Waals surface area (Å²) in [6.45, 7) is 3.86. The molecule has 0 bridgehead atoms. The highest BCUT2D eigenvalue weighted by atomic mass is 19.3. The van der Waals surface area contributed by atoms with Crippen molar-refractivity contribution in [2.24, 2.45) is 5.92 Å². The molecule has 7 nitrogen and oxygen atoms in total. The Morgan fingerprint density at radius 3 is 2.27 bits per heavy atom. The fourth-order valence-electron chi connectivity index (χ4n) is 3.75. The Bertz CT molecular complexity index is 1070.